The van der Waals surface area contributed by atoms with E-state index in [4.69, 9.17) is 4.74 Å². The third-order valence-corrected chi connectivity index (χ3v) is 5.42. The van der Waals surface area contributed by atoms with Crippen LogP contribution in [0.4, 0.5) is 5.00 Å². The lowest BCUT2D eigenvalue weighted by molar-refractivity contribution is -0.113. The number of esters is 1. The number of aromatic nitrogens is 2. The molecule has 0 saturated carbocycles. The van der Waals surface area contributed by atoms with E-state index in [-0.39, 0.29) is 29.7 Å². The summed E-state index contributed by atoms with van der Waals surface area (Å²) in [4.78, 5) is 46.9. The molecule has 8 nitrogen and oxygen atoms in total. The van der Waals surface area contributed by atoms with E-state index in [1.165, 1.54) is 16.7 Å². The molecule has 0 saturated heterocycles. The van der Waals surface area contributed by atoms with Crippen LogP contribution in [-0.4, -0.2) is 59.1 Å². The minimum Gasteiger partial charge on any atom is -0.462 e. The molecule has 144 valence electrons. The fourth-order valence-corrected chi connectivity index (χ4v) is 3.95. The molecule has 2 aromatic rings. The Labute approximate surface area is 165 Å². The van der Waals surface area contributed by atoms with Crippen molar-refractivity contribution in [2.24, 2.45) is 0 Å². The molecule has 10 heteroatoms. The summed E-state index contributed by atoms with van der Waals surface area (Å²) in [5.41, 5.74) is 0.702. The van der Waals surface area contributed by atoms with Crippen LogP contribution >= 0.6 is 23.1 Å². The van der Waals surface area contributed by atoms with Crippen molar-refractivity contribution in [3.8, 4) is 0 Å². The summed E-state index contributed by atoms with van der Waals surface area (Å²) in [5.74, 6) is -1.07. The van der Waals surface area contributed by atoms with Crippen LogP contribution in [-0.2, 0) is 9.53 Å². The Balaban J connectivity index is 2.22. The summed E-state index contributed by atoms with van der Waals surface area (Å²) in [6.45, 7) is 3.56. The number of ether oxygens (including phenoxy) is 1. The normalized spacial score (nSPS) is 10.4. The molecule has 0 unspecified atom stereocenters. The quantitative estimate of drug-likeness (QED) is 0.426. The monoisotopic (exact) mass is 408 g/mol. The largest absolute Gasteiger partial charge is 0.462 e. The molecule has 2 rings (SSSR count). The molecule has 2 amide bonds. The van der Waals surface area contributed by atoms with Crippen LogP contribution in [0.3, 0.4) is 0 Å². The van der Waals surface area contributed by atoms with Crippen molar-refractivity contribution in [1.29, 1.82) is 0 Å². The Kier molecular flexibility index (Phi) is 7.31. The van der Waals surface area contributed by atoms with Gasteiger partial charge in [0.05, 0.1) is 22.8 Å². The molecule has 0 aliphatic heterocycles. The van der Waals surface area contributed by atoms with Gasteiger partial charge in [0.1, 0.15) is 5.00 Å². The first-order valence-corrected chi connectivity index (χ1v) is 9.87. The highest BCUT2D eigenvalue weighted by Gasteiger charge is 2.27. The standard InChI is InChI=1S/C17H20N4O4S2/c1-5-25-16(24)12-10(2)13(15(23)21(3)4)27-14(12)20-11(22)9-26-17-18-7-6-8-19-17/h6-8H,5,9H2,1-4H3,(H,20,22). The summed E-state index contributed by atoms with van der Waals surface area (Å²) in [5, 5.41) is 3.48. The van der Waals surface area contributed by atoms with Crippen LogP contribution in [0.5, 0.6) is 0 Å². The van der Waals surface area contributed by atoms with Crippen molar-refractivity contribution in [2.75, 3.05) is 31.8 Å². The average molecular weight is 409 g/mol. The van der Waals surface area contributed by atoms with Crippen molar-refractivity contribution in [3.63, 3.8) is 0 Å². The summed E-state index contributed by atoms with van der Waals surface area (Å²) >= 11 is 2.24. The lowest BCUT2D eigenvalue weighted by Crippen LogP contribution is -2.21. The van der Waals surface area contributed by atoms with E-state index in [1.54, 1.807) is 46.4 Å². The number of carbonyl (C=O) groups is 3. The summed E-state index contributed by atoms with van der Waals surface area (Å²) in [6, 6.07) is 1.69. The third-order valence-electron chi connectivity index (χ3n) is 3.35. The summed E-state index contributed by atoms with van der Waals surface area (Å²) < 4.78 is 5.08. The molecule has 0 aliphatic rings. The van der Waals surface area contributed by atoms with E-state index in [9.17, 15) is 14.4 Å². The highest BCUT2D eigenvalue weighted by atomic mass is 32.2. The zero-order valence-corrected chi connectivity index (χ0v) is 17.1. The van der Waals surface area contributed by atoms with E-state index >= 15 is 0 Å². The van der Waals surface area contributed by atoms with Gasteiger partial charge in [-0.05, 0) is 25.5 Å². The smallest absolute Gasteiger partial charge is 0.341 e. The summed E-state index contributed by atoms with van der Waals surface area (Å²) in [7, 11) is 3.25. The first-order chi connectivity index (χ1) is 12.8. The second-order valence-corrected chi connectivity index (χ2v) is 7.51. The second kappa shape index (κ2) is 9.47. The Morgan fingerprint density at radius 2 is 1.93 bits per heavy atom. The minimum atomic E-state index is -0.571. The van der Waals surface area contributed by atoms with Gasteiger partial charge < -0.3 is 15.0 Å². The maximum Gasteiger partial charge on any atom is 0.341 e. The molecule has 0 fully saturated rings. The molecule has 0 aromatic carbocycles. The number of carbonyl (C=O) groups excluding carboxylic acids is 3. The number of rotatable bonds is 7. The van der Waals surface area contributed by atoms with Crippen molar-refractivity contribution >= 4 is 45.9 Å². The van der Waals surface area contributed by atoms with Crippen LogP contribution in [0.1, 0.15) is 32.5 Å². The Hall–Kier alpha value is -2.46. The number of thioether (sulfide) groups is 1. The van der Waals surface area contributed by atoms with E-state index in [2.05, 4.69) is 15.3 Å². The van der Waals surface area contributed by atoms with Gasteiger partial charge in [-0.25, -0.2) is 14.8 Å². The number of anilines is 1. The fourth-order valence-electron chi connectivity index (χ4n) is 2.11. The highest BCUT2D eigenvalue weighted by molar-refractivity contribution is 7.99. The molecule has 0 bridgehead atoms. The molecule has 2 aromatic heterocycles. The summed E-state index contributed by atoms with van der Waals surface area (Å²) in [6.07, 6.45) is 3.18. The zero-order chi connectivity index (χ0) is 20.0. The Morgan fingerprint density at radius 3 is 2.52 bits per heavy atom. The van der Waals surface area contributed by atoms with Crippen molar-refractivity contribution in [3.05, 3.63) is 34.5 Å². The van der Waals surface area contributed by atoms with Crippen molar-refractivity contribution < 1.29 is 19.1 Å². The topological polar surface area (TPSA) is 101 Å². The number of nitrogens with zero attached hydrogens (tertiary/aromatic N) is 3. The van der Waals surface area contributed by atoms with Gasteiger partial charge in [0.25, 0.3) is 5.91 Å². The van der Waals surface area contributed by atoms with Crippen LogP contribution in [0.25, 0.3) is 0 Å². The lowest BCUT2D eigenvalue weighted by Gasteiger charge is -2.09. The molecule has 0 radical (unpaired) electrons. The van der Waals surface area contributed by atoms with Crippen LogP contribution < -0.4 is 5.32 Å². The first-order valence-electron chi connectivity index (χ1n) is 8.07. The van der Waals surface area contributed by atoms with Crippen LogP contribution in [0, 0.1) is 6.92 Å². The van der Waals surface area contributed by atoms with Crippen LogP contribution in [0.2, 0.25) is 0 Å². The number of thiophene rings is 1. The van der Waals surface area contributed by atoms with Gasteiger partial charge in [0.15, 0.2) is 5.16 Å². The second-order valence-electron chi connectivity index (χ2n) is 5.55. The van der Waals surface area contributed by atoms with Gasteiger partial charge in [-0.3, -0.25) is 9.59 Å². The Bertz CT molecular complexity index is 837. The van der Waals surface area contributed by atoms with E-state index in [1.807, 2.05) is 0 Å². The van der Waals surface area contributed by atoms with E-state index in [0.717, 1.165) is 11.3 Å². The molecule has 1 N–H and O–H groups in total. The third kappa shape index (κ3) is 5.27. The number of nitrogens with one attached hydrogen (secondary N) is 1. The van der Waals surface area contributed by atoms with E-state index < -0.39 is 5.97 Å². The lowest BCUT2D eigenvalue weighted by atomic mass is 10.1. The molecule has 0 atom stereocenters. The maximum atomic E-state index is 12.4. The first kappa shape index (κ1) is 20.8. The predicted octanol–water partition coefficient (Wildman–Crippen LogP) is 2.46. The highest BCUT2D eigenvalue weighted by Crippen LogP contribution is 2.34. The fraction of sp³-hybridized carbons (Fsp3) is 0.353. The average Bonchev–Trinajstić information content (AvgIpc) is 2.96. The number of hydrogen-bond acceptors (Lipinski definition) is 8. The van der Waals surface area contributed by atoms with Crippen molar-refractivity contribution in [1.82, 2.24) is 14.9 Å². The number of amides is 2. The van der Waals surface area contributed by atoms with Gasteiger partial charge in [-0.2, -0.15) is 0 Å². The zero-order valence-electron chi connectivity index (χ0n) is 15.4. The van der Waals surface area contributed by atoms with Crippen LogP contribution in [0.15, 0.2) is 23.6 Å². The van der Waals surface area contributed by atoms with Gasteiger partial charge in [-0.1, -0.05) is 11.8 Å². The predicted molar refractivity (Wildman–Crippen MR) is 104 cm³/mol. The SMILES string of the molecule is CCOC(=O)c1c(NC(=O)CSc2ncccn2)sc(C(=O)N(C)C)c1C. The molecule has 27 heavy (non-hydrogen) atoms. The molecule has 0 aliphatic carbocycles. The molecular weight excluding hydrogens is 388 g/mol. The van der Waals surface area contributed by atoms with Crippen molar-refractivity contribution in [2.45, 2.75) is 19.0 Å². The van der Waals surface area contributed by atoms with Gasteiger partial charge >= 0.3 is 5.97 Å². The van der Waals surface area contributed by atoms with Gasteiger partial charge in [0.2, 0.25) is 5.91 Å². The molecular formula is C17H20N4O4S2. The number of hydrogen-bond donors (Lipinski definition) is 1. The molecule has 2 heterocycles. The minimum absolute atomic E-state index is 0.0696. The maximum absolute atomic E-state index is 12.4. The Morgan fingerprint density at radius 1 is 1.26 bits per heavy atom. The van der Waals surface area contributed by atoms with Gasteiger partial charge in [-0.15, -0.1) is 11.3 Å². The van der Waals surface area contributed by atoms with Gasteiger partial charge in [0, 0.05) is 26.5 Å². The molecule has 0 spiro atoms. The van der Waals surface area contributed by atoms with E-state index in [0.29, 0.717) is 20.6 Å².